The predicted molar refractivity (Wildman–Crippen MR) is 60.9 cm³/mol. The SMILES string of the molecule is CC(C)CC(NC(=O)C1CC1(C)C)C(=O)O. The molecule has 92 valence electrons. The van der Waals surface area contributed by atoms with Gasteiger partial charge in [-0.05, 0) is 24.2 Å². The second kappa shape index (κ2) is 4.44. The fourth-order valence-corrected chi connectivity index (χ4v) is 1.88. The molecule has 16 heavy (non-hydrogen) atoms. The molecule has 1 fully saturated rings. The standard InChI is InChI=1S/C12H21NO3/c1-7(2)5-9(11(15)16)13-10(14)8-6-12(8,3)4/h7-9H,5-6H2,1-4H3,(H,13,14)(H,15,16). The molecule has 0 bridgehead atoms. The van der Waals surface area contributed by atoms with Gasteiger partial charge in [0, 0.05) is 5.92 Å². The van der Waals surface area contributed by atoms with E-state index in [1.165, 1.54) is 0 Å². The van der Waals surface area contributed by atoms with Crippen LogP contribution in [-0.2, 0) is 9.59 Å². The first-order valence-corrected chi connectivity index (χ1v) is 5.77. The number of amides is 1. The molecule has 0 aromatic carbocycles. The van der Waals surface area contributed by atoms with E-state index in [0.29, 0.717) is 6.42 Å². The van der Waals surface area contributed by atoms with Gasteiger partial charge in [0.15, 0.2) is 0 Å². The molecule has 0 aromatic heterocycles. The predicted octanol–water partition coefficient (Wildman–Crippen LogP) is 1.65. The van der Waals surface area contributed by atoms with Gasteiger partial charge < -0.3 is 10.4 Å². The zero-order chi connectivity index (χ0) is 12.5. The Morgan fingerprint density at radius 1 is 1.44 bits per heavy atom. The summed E-state index contributed by atoms with van der Waals surface area (Å²) in [6.07, 6.45) is 1.33. The lowest BCUT2D eigenvalue weighted by Crippen LogP contribution is -2.42. The molecule has 0 saturated heterocycles. The van der Waals surface area contributed by atoms with Crippen molar-refractivity contribution in [1.29, 1.82) is 0 Å². The normalized spacial score (nSPS) is 23.9. The van der Waals surface area contributed by atoms with Crippen molar-refractivity contribution in [2.75, 3.05) is 0 Å². The van der Waals surface area contributed by atoms with Gasteiger partial charge in [0.2, 0.25) is 5.91 Å². The first-order chi connectivity index (χ1) is 7.24. The van der Waals surface area contributed by atoms with Gasteiger partial charge >= 0.3 is 5.97 Å². The van der Waals surface area contributed by atoms with Crippen molar-refractivity contribution in [3.8, 4) is 0 Å². The second-order valence-electron chi connectivity index (χ2n) is 5.77. The van der Waals surface area contributed by atoms with Gasteiger partial charge in [-0.2, -0.15) is 0 Å². The molecular weight excluding hydrogens is 206 g/mol. The van der Waals surface area contributed by atoms with Gasteiger partial charge in [-0.15, -0.1) is 0 Å². The first kappa shape index (κ1) is 13.0. The zero-order valence-corrected chi connectivity index (χ0v) is 10.4. The van der Waals surface area contributed by atoms with Crippen LogP contribution in [0.15, 0.2) is 0 Å². The summed E-state index contributed by atoms with van der Waals surface area (Å²) in [6, 6.07) is -0.746. The minimum Gasteiger partial charge on any atom is -0.480 e. The maximum absolute atomic E-state index is 11.7. The molecule has 0 spiro atoms. The third-order valence-corrected chi connectivity index (χ3v) is 3.15. The van der Waals surface area contributed by atoms with Gasteiger partial charge in [-0.1, -0.05) is 27.7 Å². The molecule has 4 heteroatoms. The zero-order valence-electron chi connectivity index (χ0n) is 10.4. The van der Waals surface area contributed by atoms with E-state index in [0.717, 1.165) is 6.42 Å². The van der Waals surface area contributed by atoms with Crippen LogP contribution in [0.2, 0.25) is 0 Å². The summed E-state index contributed by atoms with van der Waals surface area (Å²) in [5.41, 5.74) is 0.0466. The number of rotatable bonds is 5. The Labute approximate surface area is 96.4 Å². The molecule has 4 nitrogen and oxygen atoms in total. The van der Waals surface area contributed by atoms with Crippen LogP contribution in [0.4, 0.5) is 0 Å². The highest BCUT2D eigenvalue weighted by atomic mass is 16.4. The Kier molecular flexibility index (Phi) is 3.61. The molecule has 2 N–H and O–H groups in total. The van der Waals surface area contributed by atoms with E-state index in [1.54, 1.807) is 0 Å². The highest BCUT2D eigenvalue weighted by molar-refractivity contribution is 5.87. The van der Waals surface area contributed by atoms with Crippen LogP contribution in [0.5, 0.6) is 0 Å². The number of carboxylic acids is 1. The van der Waals surface area contributed by atoms with Gasteiger partial charge in [0.05, 0.1) is 0 Å². The molecule has 1 aliphatic carbocycles. The van der Waals surface area contributed by atoms with E-state index in [9.17, 15) is 9.59 Å². The molecule has 1 amide bonds. The first-order valence-electron chi connectivity index (χ1n) is 5.77. The molecule has 0 aromatic rings. The lowest BCUT2D eigenvalue weighted by Gasteiger charge is -2.16. The largest absolute Gasteiger partial charge is 0.480 e. The van der Waals surface area contributed by atoms with Crippen molar-refractivity contribution >= 4 is 11.9 Å². The quantitative estimate of drug-likeness (QED) is 0.750. The van der Waals surface area contributed by atoms with Crippen LogP contribution in [-0.4, -0.2) is 23.0 Å². The van der Waals surface area contributed by atoms with Crippen LogP contribution in [0.1, 0.15) is 40.5 Å². The number of carbonyl (C=O) groups is 2. The molecule has 2 atom stereocenters. The van der Waals surface area contributed by atoms with Crippen molar-refractivity contribution in [3.63, 3.8) is 0 Å². The topological polar surface area (TPSA) is 66.4 Å². The third-order valence-electron chi connectivity index (χ3n) is 3.15. The minimum absolute atomic E-state index is 0.0125. The Morgan fingerprint density at radius 3 is 2.25 bits per heavy atom. The Hall–Kier alpha value is -1.06. The molecule has 1 rings (SSSR count). The molecule has 1 aliphatic rings. The van der Waals surface area contributed by atoms with Gasteiger partial charge in [0.1, 0.15) is 6.04 Å². The van der Waals surface area contributed by atoms with E-state index in [1.807, 2.05) is 27.7 Å². The maximum Gasteiger partial charge on any atom is 0.326 e. The Bertz CT molecular complexity index is 297. The molecule has 2 unspecified atom stereocenters. The summed E-state index contributed by atoms with van der Waals surface area (Å²) in [7, 11) is 0. The highest BCUT2D eigenvalue weighted by Crippen LogP contribution is 2.51. The smallest absolute Gasteiger partial charge is 0.326 e. The van der Waals surface area contributed by atoms with Gasteiger partial charge in [-0.3, -0.25) is 4.79 Å². The fraction of sp³-hybridized carbons (Fsp3) is 0.833. The molecule has 0 heterocycles. The van der Waals surface area contributed by atoms with Crippen molar-refractivity contribution in [3.05, 3.63) is 0 Å². The van der Waals surface area contributed by atoms with Crippen molar-refractivity contribution in [2.24, 2.45) is 17.3 Å². The van der Waals surface area contributed by atoms with E-state index in [-0.39, 0.29) is 23.2 Å². The Morgan fingerprint density at radius 2 is 1.94 bits per heavy atom. The number of carboxylic acid groups (broad SMARTS) is 1. The summed E-state index contributed by atoms with van der Waals surface area (Å²) in [4.78, 5) is 22.7. The average Bonchev–Trinajstić information content (AvgIpc) is 2.73. The van der Waals surface area contributed by atoms with Gasteiger partial charge in [0.25, 0.3) is 0 Å². The monoisotopic (exact) mass is 227 g/mol. The highest BCUT2D eigenvalue weighted by Gasteiger charge is 2.51. The number of aliphatic carboxylic acids is 1. The van der Waals surface area contributed by atoms with Crippen molar-refractivity contribution in [1.82, 2.24) is 5.32 Å². The minimum atomic E-state index is -0.944. The van der Waals surface area contributed by atoms with E-state index < -0.39 is 12.0 Å². The molecular formula is C12H21NO3. The molecule has 1 saturated carbocycles. The van der Waals surface area contributed by atoms with E-state index >= 15 is 0 Å². The average molecular weight is 227 g/mol. The third kappa shape index (κ3) is 3.22. The summed E-state index contributed by atoms with van der Waals surface area (Å²) in [5, 5.41) is 11.6. The summed E-state index contributed by atoms with van der Waals surface area (Å²) in [5.74, 6) is -0.811. The lowest BCUT2D eigenvalue weighted by atomic mass is 10.0. The fourth-order valence-electron chi connectivity index (χ4n) is 1.88. The number of hydrogen-bond donors (Lipinski definition) is 2. The van der Waals surface area contributed by atoms with Crippen molar-refractivity contribution in [2.45, 2.75) is 46.6 Å². The van der Waals surface area contributed by atoms with Crippen LogP contribution < -0.4 is 5.32 Å². The van der Waals surface area contributed by atoms with Crippen molar-refractivity contribution < 1.29 is 14.7 Å². The van der Waals surface area contributed by atoms with E-state index in [4.69, 9.17) is 5.11 Å². The van der Waals surface area contributed by atoms with Crippen LogP contribution >= 0.6 is 0 Å². The summed E-state index contributed by atoms with van der Waals surface area (Å²) in [6.45, 7) is 7.94. The molecule has 0 aliphatic heterocycles. The molecule has 0 radical (unpaired) electrons. The van der Waals surface area contributed by atoms with Crippen LogP contribution in [0.3, 0.4) is 0 Å². The Balaban J connectivity index is 2.49. The van der Waals surface area contributed by atoms with Crippen LogP contribution in [0, 0.1) is 17.3 Å². The summed E-state index contributed by atoms with van der Waals surface area (Å²) >= 11 is 0. The van der Waals surface area contributed by atoms with Gasteiger partial charge in [-0.25, -0.2) is 4.79 Å². The lowest BCUT2D eigenvalue weighted by molar-refractivity contribution is -0.142. The number of nitrogens with one attached hydrogen (secondary N) is 1. The maximum atomic E-state index is 11.7. The van der Waals surface area contributed by atoms with Crippen LogP contribution in [0.25, 0.3) is 0 Å². The second-order valence-corrected chi connectivity index (χ2v) is 5.77. The van der Waals surface area contributed by atoms with E-state index in [2.05, 4.69) is 5.32 Å². The summed E-state index contributed by atoms with van der Waals surface area (Å²) < 4.78 is 0. The number of carbonyl (C=O) groups excluding carboxylic acids is 1. The number of hydrogen-bond acceptors (Lipinski definition) is 2.